The van der Waals surface area contributed by atoms with Crippen molar-refractivity contribution in [3.05, 3.63) is 57.8 Å². The Morgan fingerprint density at radius 3 is 2.26 bits per heavy atom. The minimum Gasteiger partial charge on any atom is -0.342 e. The summed E-state index contributed by atoms with van der Waals surface area (Å²) in [6.07, 6.45) is 2.24. The Hall–Kier alpha value is -2.22. The van der Waals surface area contributed by atoms with Gasteiger partial charge in [0.2, 0.25) is 11.8 Å². The van der Waals surface area contributed by atoms with Gasteiger partial charge in [0.1, 0.15) is 0 Å². The third-order valence-corrected chi connectivity index (χ3v) is 7.18. The molecule has 0 aliphatic carbocycles. The summed E-state index contributed by atoms with van der Waals surface area (Å²) in [5, 5.41) is 5.55. The molecule has 4 rings (SSSR count). The standard InChI is InChI=1S/C24H32N4O2S/c1-19-6-8-20(9-7-19)24(21-5-4-16-31-21)25-17-22(29)28-14-12-26(13-15-28)18-23(30)27-10-2-3-11-27/h4-9,16,24-25H,2-3,10-15,17-18H2,1H3. The minimum absolute atomic E-state index is 0.0175. The number of rotatable bonds is 7. The summed E-state index contributed by atoms with van der Waals surface area (Å²) < 4.78 is 0. The quantitative estimate of drug-likeness (QED) is 0.719. The fourth-order valence-corrected chi connectivity index (χ4v) is 5.14. The molecule has 166 valence electrons. The second-order valence-corrected chi connectivity index (χ2v) is 9.46. The van der Waals surface area contributed by atoms with Gasteiger partial charge in [-0.1, -0.05) is 35.9 Å². The molecule has 1 N–H and O–H groups in total. The first kappa shape index (κ1) is 22.0. The largest absolute Gasteiger partial charge is 0.342 e. The van der Waals surface area contributed by atoms with Crippen LogP contribution in [0, 0.1) is 6.92 Å². The van der Waals surface area contributed by atoms with Gasteiger partial charge in [0.05, 0.1) is 19.1 Å². The van der Waals surface area contributed by atoms with Crippen LogP contribution in [0.5, 0.6) is 0 Å². The summed E-state index contributed by atoms with van der Waals surface area (Å²) in [5.74, 6) is 0.356. The zero-order valence-electron chi connectivity index (χ0n) is 18.3. The molecule has 6 nitrogen and oxygen atoms in total. The molecule has 0 saturated carbocycles. The number of amides is 2. The maximum atomic E-state index is 12.9. The van der Waals surface area contributed by atoms with Crippen LogP contribution in [0.25, 0.3) is 0 Å². The average Bonchev–Trinajstić information content (AvgIpc) is 3.50. The van der Waals surface area contributed by atoms with E-state index >= 15 is 0 Å². The Morgan fingerprint density at radius 2 is 1.61 bits per heavy atom. The molecule has 31 heavy (non-hydrogen) atoms. The van der Waals surface area contributed by atoms with Crippen LogP contribution in [0.4, 0.5) is 0 Å². The van der Waals surface area contributed by atoms with Gasteiger partial charge in [-0.3, -0.25) is 19.8 Å². The van der Waals surface area contributed by atoms with E-state index in [1.54, 1.807) is 11.3 Å². The molecular formula is C24H32N4O2S. The molecule has 7 heteroatoms. The monoisotopic (exact) mass is 440 g/mol. The molecule has 1 atom stereocenters. The SMILES string of the molecule is Cc1ccc(C(NCC(=O)N2CCN(CC(=O)N3CCCC3)CC2)c2cccs2)cc1. The van der Waals surface area contributed by atoms with Crippen molar-refractivity contribution in [1.82, 2.24) is 20.0 Å². The summed E-state index contributed by atoms with van der Waals surface area (Å²) in [7, 11) is 0. The Morgan fingerprint density at radius 1 is 0.935 bits per heavy atom. The van der Waals surface area contributed by atoms with Crippen LogP contribution >= 0.6 is 11.3 Å². The Labute approximate surface area is 188 Å². The predicted molar refractivity (Wildman–Crippen MR) is 124 cm³/mol. The zero-order valence-corrected chi connectivity index (χ0v) is 19.1. The highest BCUT2D eigenvalue weighted by Gasteiger charge is 2.26. The number of nitrogens with one attached hydrogen (secondary N) is 1. The molecule has 0 radical (unpaired) electrons. The van der Waals surface area contributed by atoms with Gasteiger partial charge in [-0.05, 0) is 36.8 Å². The van der Waals surface area contributed by atoms with Gasteiger partial charge in [0.25, 0.3) is 0 Å². The molecule has 3 heterocycles. The van der Waals surface area contributed by atoms with Crippen LogP contribution in [-0.2, 0) is 9.59 Å². The van der Waals surface area contributed by atoms with Crippen LogP contribution < -0.4 is 5.32 Å². The minimum atomic E-state index is 0.0175. The van der Waals surface area contributed by atoms with Crippen molar-refractivity contribution in [2.24, 2.45) is 0 Å². The maximum absolute atomic E-state index is 12.9. The molecule has 1 aromatic heterocycles. The molecule has 1 aromatic carbocycles. The number of hydrogen-bond acceptors (Lipinski definition) is 5. The normalized spacial score (nSPS) is 18.4. The van der Waals surface area contributed by atoms with E-state index in [1.807, 2.05) is 15.9 Å². The van der Waals surface area contributed by atoms with Crippen molar-refractivity contribution in [1.29, 1.82) is 0 Å². The zero-order chi connectivity index (χ0) is 21.6. The number of carbonyl (C=O) groups is 2. The lowest BCUT2D eigenvalue weighted by molar-refractivity contribution is -0.134. The average molecular weight is 441 g/mol. The third-order valence-electron chi connectivity index (χ3n) is 6.24. The van der Waals surface area contributed by atoms with Gasteiger partial charge in [0, 0.05) is 44.1 Å². The van der Waals surface area contributed by atoms with Gasteiger partial charge in [-0.15, -0.1) is 11.3 Å². The number of benzene rings is 1. The van der Waals surface area contributed by atoms with Crippen LogP contribution in [0.2, 0.25) is 0 Å². The number of nitrogens with zero attached hydrogens (tertiary/aromatic N) is 3. The van der Waals surface area contributed by atoms with Crippen molar-refractivity contribution < 1.29 is 9.59 Å². The molecule has 2 amide bonds. The van der Waals surface area contributed by atoms with E-state index in [0.717, 1.165) is 39.0 Å². The fraction of sp³-hybridized carbons (Fsp3) is 0.500. The van der Waals surface area contributed by atoms with Gasteiger partial charge >= 0.3 is 0 Å². The number of thiophene rings is 1. The summed E-state index contributed by atoms with van der Waals surface area (Å²) in [5.41, 5.74) is 2.40. The van der Waals surface area contributed by atoms with E-state index in [1.165, 1.54) is 16.0 Å². The lowest BCUT2D eigenvalue weighted by Gasteiger charge is -2.35. The maximum Gasteiger partial charge on any atom is 0.236 e. The van der Waals surface area contributed by atoms with Crippen LogP contribution in [0.3, 0.4) is 0 Å². The third kappa shape index (κ3) is 5.73. The van der Waals surface area contributed by atoms with Crippen LogP contribution in [0.15, 0.2) is 41.8 Å². The lowest BCUT2D eigenvalue weighted by atomic mass is 10.0. The molecule has 0 spiro atoms. The molecular weight excluding hydrogens is 408 g/mol. The first-order chi connectivity index (χ1) is 15.1. The smallest absolute Gasteiger partial charge is 0.236 e. The molecule has 2 saturated heterocycles. The lowest BCUT2D eigenvalue weighted by Crippen LogP contribution is -2.53. The highest BCUT2D eigenvalue weighted by atomic mass is 32.1. The first-order valence-electron chi connectivity index (χ1n) is 11.2. The summed E-state index contributed by atoms with van der Waals surface area (Å²) in [6.45, 7) is 7.56. The number of piperazine rings is 1. The van der Waals surface area contributed by atoms with E-state index < -0.39 is 0 Å². The van der Waals surface area contributed by atoms with Crippen molar-refractivity contribution in [2.45, 2.75) is 25.8 Å². The molecule has 0 bridgehead atoms. The number of aryl methyl sites for hydroxylation is 1. The van der Waals surface area contributed by atoms with E-state index in [0.29, 0.717) is 26.2 Å². The predicted octanol–water partition coefficient (Wildman–Crippen LogP) is 2.50. The van der Waals surface area contributed by atoms with Gasteiger partial charge in [-0.25, -0.2) is 0 Å². The van der Waals surface area contributed by atoms with E-state index in [9.17, 15) is 9.59 Å². The highest BCUT2D eigenvalue weighted by molar-refractivity contribution is 7.10. The van der Waals surface area contributed by atoms with E-state index in [2.05, 4.69) is 52.9 Å². The van der Waals surface area contributed by atoms with E-state index in [-0.39, 0.29) is 17.9 Å². The van der Waals surface area contributed by atoms with Crippen molar-refractivity contribution >= 4 is 23.2 Å². The Balaban J connectivity index is 1.28. The van der Waals surface area contributed by atoms with Gasteiger partial charge < -0.3 is 9.80 Å². The Kier molecular flexibility index (Phi) is 7.37. The molecule has 2 aliphatic heterocycles. The highest BCUT2D eigenvalue weighted by Crippen LogP contribution is 2.26. The number of likely N-dealkylation sites (tertiary alicyclic amines) is 1. The van der Waals surface area contributed by atoms with Crippen molar-refractivity contribution in [2.75, 3.05) is 52.4 Å². The van der Waals surface area contributed by atoms with Gasteiger partial charge in [-0.2, -0.15) is 0 Å². The van der Waals surface area contributed by atoms with Crippen molar-refractivity contribution in [3.63, 3.8) is 0 Å². The number of hydrogen-bond donors (Lipinski definition) is 1. The van der Waals surface area contributed by atoms with Crippen LogP contribution in [0.1, 0.15) is 34.9 Å². The second kappa shape index (κ2) is 10.4. The van der Waals surface area contributed by atoms with Crippen molar-refractivity contribution in [3.8, 4) is 0 Å². The first-order valence-corrected chi connectivity index (χ1v) is 12.1. The second-order valence-electron chi connectivity index (χ2n) is 8.48. The fourth-order valence-electron chi connectivity index (χ4n) is 4.31. The summed E-state index contributed by atoms with van der Waals surface area (Å²) in [4.78, 5) is 32.5. The topological polar surface area (TPSA) is 55.9 Å². The molecule has 2 fully saturated rings. The molecule has 2 aliphatic rings. The summed E-state index contributed by atoms with van der Waals surface area (Å²) >= 11 is 1.70. The number of carbonyl (C=O) groups excluding carboxylic acids is 2. The summed E-state index contributed by atoms with van der Waals surface area (Å²) in [6, 6.07) is 12.7. The van der Waals surface area contributed by atoms with Gasteiger partial charge in [0.15, 0.2) is 0 Å². The molecule has 2 aromatic rings. The Bertz CT molecular complexity index is 854. The van der Waals surface area contributed by atoms with Crippen LogP contribution in [-0.4, -0.2) is 78.9 Å². The van der Waals surface area contributed by atoms with E-state index in [4.69, 9.17) is 0 Å². The molecule has 1 unspecified atom stereocenters.